The van der Waals surface area contributed by atoms with E-state index < -0.39 is 5.60 Å². The van der Waals surface area contributed by atoms with E-state index in [1.807, 2.05) is 20.8 Å². The summed E-state index contributed by atoms with van der Waals surface area (Å²) in [7, 11) is 0. The SMILES string of the molecule is [CH-]=N/C(Cl)=C1/CCN(C(=O)OC(C)(C)C)[C]1=[W]. The molecule has 1 saturated heterocycles. The molecule has 0 aromatic carbocycles. The number of likely N-dealkylation sites (tertiary alicyclic amines) is 1. The van der Waals surface area contributed by atoms with Gasteiger partial charge >= 0.3 is 117 Å². The predicted molar refractivity (Wildman–Crippen MR) is 63.9 cm³/mol. The van der Waals surface area contributed by atoms with Gasteiger partial charge in [-0.2, -0.15) is 0 Å². The monoisotopic (exact) mass is 425 g/mol. The molecule has 0 aromatic rings. The Morgan fingerprint density at radius 3 is 2.65 bits per heavy atom. The van der Waals surface area contributed by atoms with E-state index in [-0.39, 0.29) is 11.2 Å². The molecule has 4 nitrogen and oxygen atoms in total. The number of nitrogens with zero attached hydrogens (tertiary/aromatic N) is 2. The van der Waals surface area contributed by atoms with Gasteiger partial charge in [0.15, 0.2) is 0 Å². The Hall–Kier alpha value is -0.472. The number of carbonyl (C=O) groups excluding carboxylic acids is 1. The van der Waals surface area contributed by atoms with Gasteiger partial charge < -0.3 is 0 Å². The van der Waals surface area contributed by atoms with Crippen LogP contribution in [0, 0.1) is 0 Å². The van der Waals surface area contributed by atoms with Crippen molar-refractivity contribution in [3.63, 3.8) is 0 Å². The van der Waals surface area contributed by atoms with Crippen molar-refractivity contribution in [2.75, 3.05) is 6.54 Å². The van der Waals surface area contributed by atoms with Crippen LogP contribution in [0.1, 0.15) is 27.2 Å². The summed E-state index contributed by atoms with van der Waals surface area (Å²) < 4.78 is 6.14. The van der Waals surface area contributed by atoms with E-state index in [2.05, 4.69) is 4.99 Å². The number of hydrogen-bond acceptors (Lipinski definition) is 3. The fraction of sp³-hybridized carbons (Fsp3) is 0.545. The molecular formula is C11H14ClN2O2W-. The number of amides is 1. The van der Waals surface area contributed by atoms with Gasteiger partial charge in [0, 0.05) is 0 Å². The Morgan fingerprint density at radius 2 is 2.18 bits per heavy atom. The molecule has 1 amide bonds. The second kappa shape index (κ2) is 5.45. The molecule has 0 unspecified atom stereocenters. The van der Waals surface area contributed by atoms with E-state index in [9.17, 15) is 4.79 Å². The Bertz CT molecular complexity index is 399. The third-order valence-corrected chi connectivity index (χ3v) is 4.07. The van der Waals surface area contributed by atoms with Crippen LogP contribution in [0.25, 0.3) is 0 Å². The van der Waals surface area contributed by atoms with Gasteiger partial charge in [0.25, 0.3) is 0 Å². The fourth-order valence-corrected chi connectivity index (χ4v) is 3.07. The molecule has 6 heteroatoms. The summed E-state index contributed by atoms with van der Waals surface area (Å²) in [6, 6.07) is 0. The van der Waals surface area contributed by atoms with Crippen molar-refractivity contribution >= 4 is 28.4 Å². The second-order valence-corrected chi connectivity index (χ2v) is 6.33. The van der Waals surface area contributed by atoms with Crippen molar-refractivity contribution in [2.45, 2.75) is 32.8 Å². The summed E-state index contributed by atoms with van der Waals surface area (Å²) in [5, 5.41) is 0.265. The van der Waals surface area contributed by atoms with Crippen molar-refractivity contribution in [1.29, 1.82) is 0 Å². The average Bonchev–Trinajstić information content (AvgIpc) is 2.56. The topological polar surface area (TPSA) is 41.9 Å². The van der Waals surface area contributed by atoms with Crippen LogP contribution in [-0.4, -0.2) is 33.9 Å². The molecule has 1 heterocycles. The fourth-order valence-electron chi connectivity index (χ4n) is 1.36. The number of aliphatic imine (C=N–C) groups is 1. The average molecular weight is 426 g/mol. The molecule has 0 atom stereocenters. The van der Waals surface area contributed by atoms with Crippen molar-refractivity contribution in [2.24, 2.45) is 4.99 Å². The Morgan fingerprint density at radius 1 is 1.59 bits per heavy atom. The van der Waals surface area contributed by atoms with E-state index in [4.69, 9.17) is 23.1 Å². The minimum absolute atomic E-state index is 0.265. The molecule has 1 aliphatic heterocycles. The quantitative estimate of drug-likeness (QED) is 0.368. The second-order valence-electron chi connectivity index (χ2n) is 4.59. The van der Waals surface area contributed by atoms with Gasteiger partial charge in [0.1, 0.15) is 0 Å². The minimum atomic E-state index is -0.499. The third-order valence-electron chi connectivity index (χ3n) is 2.06. The number of halogens is 1. The number of rotatable bonds is 1. The predicted octanol–water partition coefficient (Wildman–Crippen LogP) is 2.33. The van der Waals surface area contributed by atoms with Crippen LogP contribution in [0.4, 0.5) is 4.79 Å². The van der Waals surface area contributed by atoms with E-state index in [1.54, 1.807) is 4.90 Å². The van der Waals surface area contributed by atoms with Crippen LogP contribution in [-0.2, 0) is 24.1 Å². The Labute approximate surface area is 117 Å². The maximum atomic E-state index is 11.9. The van der Waals surface area contributed by atoms with Crippen molar-refractivity contribution in [3.8, 4) is 0 Å². The van der Waals surface area contributed by atoms with Gasteiger partial charge in [0.05, 0.1) is 0 Å². The summed E-state index contributed by atoms with van der Waals surface area (Å²) >= 11 is 7.01. The van der Waals surface area contributed by atoms with Gasteiger partial charge in [-0.1, -0.05) is 0 Å². The Balaban J connectivity index is 2.81. The first-order valence-electron chi connectivity index (χ1n) is 5.10. The van der Waals surface area contributed by atoms with E-state index >= 15 is 0 Å². The zero-order chi connectivity index (χ0) is 13.2. The van der Waals surface area contributed by atoms with Gasteiger partial charge in [0.2, 0.25) is 0 Å². The zero-order valence-electron chi connectivity index (χ0n) is 9.99. The molecule has 0 radical (unpaired) electrons. The van der Waals surface area contributed by atoms with Crippen molar-refractivity contribution in [3.05, 3.63) is 10.7 Å². The van der Waals surface area contributed by atoms with Gasteiger partial charge in [-0.3, -0.25) is 0 Å². The molecule has 94 valence electrons. The number of carbonyl (C=O) groups is 1. The van der Waals surface area contributed by atoms with Gasteiger partial charge in [-0.25, -0.2) is 0 Å². The van der Waals surface area contributed by atoms with Crippen LogP contribution in [0.2, 0.25) is 0 Å². The van der Waals surface area contributed by atoms with Crippen LogP contribution in [0.5, 0.6) is 0 Å². The zero-order valence-corrected chi connectivity index (χ0v) is 13.7. The first-order chi connectivity index (χ1) is 7.76. The summed E-state index contributed by atoms with van der Waals surface area (Å²) in [6.45, 7) is 11.2. The first-order valence-corrected chi connectivity index (χ1v) is 6.95. The van der Waals surface area contributed by atoms with E-state index in [0.717, 1.165) is 28.9 Å². The molecule has 1 aliphatic rings. The van der Waals surface area contributed by atoms with E-state index in [1.165, 1.54) is 0 Å². The summed E-state index contributed by atoms with van der Waals surface area (Å²) in [4.78, 5) is 16.9. The van der Waals surface area contributed by atoms with Gasteiger partial charge in [-0.05, 0) is 0 Å². The summed E-state index contributed by atoms with van der Waals surface area (Å²) in [5.74, 6) is 0. The molecule has 1 rings (SSSR count). The van der Waals surface area contributed by atoms with Crippen LogP contribution in [0.3, 0.4) is 0 Å². The molecule has 1 fully saturated rings. The standard InChI is InChI=1S/C11H14ClN2O2.W/c1-11(2,3)16-10(15)14-6-5-8(7-14)9(12)13-4;/h4H,5-6H2,1-3H3;/q-1;/b9-8-;. The molecule has 0 bridgehead atoms. The van der Waals surface area contributed by atoms with Crippen LogP contribution in [0.15, 0.2) is 15.7 Å². The van der Waals surface area contributed by atoms with Gasteiger partial charge in [-0.15, -0.1) is 0 Å². The first kappa shape index (κ1) is 14.6. The van der Waals surface area contributed by atoms with E-state index in [0.29, 0.717) is 13.0 Å². The maximum absolute atomic E-state index is 11.9. The normalized spacial score (nSPS) is 19.3. The molecule has 0 spiro atoms. The third kappa shape index (κ3) is 3.75. The number of ether oxygens (including phenoxy) is 1. The molecule has 0 saturated carbocycles. The molecular weight excluding hydrogens is 411 g/mol. The van der Waals surface area contributed by atoms with Crippen LogP contribution < -0.4 is 0 Å². The molecule has 0 aliphatic carbocycles. The molecule has 17 heavy (non-hydrogen) atoms. The number of hydrogen-bond donors (Lipinski definition) is 0. The molecule has 0 N–H and O–H groups in total. The van der Waals surface area contributed by atoms with Crippen molar-refractivity contribution in [1.82, 2.24) is 4.90 Å². The summed E-state index contributed by atoms with van der Waals surface area (Å²) in [5.41, 5.74) is 0.330. The van der Waals surface area contributed by atoms with Crippen LogP contribution >= 0.6 is 11.6 Å². The Kier molecular flexibility index (Phi) is 4.68. The van der Waals surface area contributed by atoms with Crippen molar-refractivity contribution < 1.29 is 28.9 Å². The molecule has 0 aromatic heterocycles. The summed E-state index contributed by atoms with van der Waals surface area (Å²) in [6.07, 6.45) is 0.316.